The molecule has 4 bridgehead atoms. The van der Waals surface area contributed by atoms with E-state index in [0.29, 0.717) is 23.7 Å². The van der Waals surface area contributed by atoms with Crippen LogP contribution in [0.15, 0.2) is 0 Å². The summed E-state index contributed by atoms with van der Waals surface area (Å²) in [5.74, 6) is -0.210. The Bertz CT molecular complexity index is 539. The molecule has 4 aliphatic carbocycles. The van der Waals surface area contributed by atoms with Crippen molar-refractivity contribution in [1.29, 1.82) is 0 Å². The maximum absolute atomic E-state index is 12.8. The Morgan fingerprint density at radius 3 is 1.92 bits per heavy atom. The summed E-state index contributed by atoms with van der Waals surface area (Å²) in [6.45, 7) is 2.62. The van der Waals surface area contributed by atoms with Crippen LogP contribution in [0.4, 0.5) is 13.2 Å². The Morgan fingerprint density at radius 2 is 1.48 bits per heavy atom. The Hall–Kier alpha value is -1.27. The van der Waals surface area contributed by atoms with Gasteiger partial charge in [0.25, 0.3) is 0 Å². The minimum absolute atomic E-state index is 0.301. The second-order valence-electron chi connectivity index (χ2n) is 8.66. The van der Waals surface area contributed by atoms with Crippen LogP contribution in [-0.4, -0.2) is 30.3 Å². The molecule has 0 radical (unpaired) electrons. The van der Waals surface area contributed by atoms with Crippen molar-refractivity contribution < 1.29 is 32.2 Å². The predicted molar refractivity (Wildman–Crippen MR) is 82.3 cm³/mol. The van der Waals surface area contributed by atoms with Crippen LogP contribution in [0.1, 0.15) is 52.9 Å². The van der Waals surface area contributed by atoms with Gasteiger partial charge in [0.1, 0.15) is 5.60 Å². The van der Waals surface area contributed by atoms with Crippen LogP contribution in [-0.2, 0) is 19.1 Å². The average molecular weight is 362 g/mol. The van der Waals surface area contributed by atoms with Crippen molar-refractivity contribution in [3.63, 3.8) is 0 Å². The summed E-state index contributed by atoms with van der Waals surface area (Å²) in [6.07, 6.45) is 0.688. The first kappa shape index (κ1) is 18.5. The lowest BCUT2D eigenvalue weighted by molar-refractivity contribution is -0.228. The van der Waals surface area contributed by atoms with E-state index >= 15 is 0 Å². The van der Waals surface area contributed by atoms with Crippen molar-refractivity contribution in [2.75, 3.05) is 6.61 Å². The van der Waals surface area contributed by atoms with E-state index in [4.69, 9.17) is 4.74 Å². The number of esters is 2. The summed E-state index contributed by atoms with van der Waals surface area (Å²) >= 11 is 0. The summed E-state index contributed by atoms with van der Waals surface area (Å²) in [7, 11) is 0. The summed E-state index contributed by atoms with van der Waals surface area (Å²) in [4.78, 5) is 23.8. The van der Waals surface area contributed by atoms with Gasteiger partial charge in [-0.3, -0.25) is 4.79 Å². The highest BCUT2D eigenvalue weighted by molar-refractivity contribution is 5.80. The molecule has 4 aliphatic rings. The van der Waals surface area contributed by atoms with Gasteiger partial charge in [-0.2, -0.15) is 13.2 Å². The van der Waals surface area contributed by atoms with Gasteiger partial charge in [0.2, 0.25) is 0 Å². The highest BCUT2D eigenvalue weighted by Crippen LogP contribution is 2.59. The van der Waals surface area contributed by atoms with E-state index in [1.165, 1.54) is 6.42 Å². The minimum atomic E-state index is -4.73. The van der Waals surface area contributed by atoms with Crippen molar-refractivity contribution in [2.24, 2.45) is 29.1 Å². The summed E-state index contributed by atoms with van der Waals surface area (Å²) < 4.78 is 48.7. The number of halogens is 3. The van der Waals surface area contributed by atoms with Crippen molar-refractivity contribution in [1.82, 2.24) is 0 Å². The van der Waals surface area contributed by atoms with Crippen LogP contribution in [0.25, 0.3) is 0 Å². The lowest BCUT2D eigenvalue weighted by atomic mass is 9.50. The van der Waals surface area contributed by atoms with Gasteiger partial charge in [-0.05, 0) is 76.5 Å². The van der Waals surface area contributed by atoms with Crippen LogP contribution in [0.5, 0.6) is 0 Å². The van der Waals surface area contributed by atoms with Crippen molar-refractivity contribution in [3.8, 4) is 0 Å². The van der Waals surface area contributed by atoms with Gasteiger partial charge in [-0.25, -0.2) is 4.79 Å². The molecule has 4 nitrogen and oxygen atoms in total. The number of ether oxygens (including phenoxy) is 2. The predicted octanol–water partition coefficient (Wildman–Crippen LogP) is 3.88. The zero-order valence-electron chi connectivity index (χ0n) is 14.8. The van der Waals surface area contributed by atoms with Crippen LogP contribution in [0.2, 0.25) is 0 Å². The molecule has 0 aromatic heterocycles. The van der Waals surface area contributed by atoms with E-state index < -0.39 is 35.7 Å². The van der Waals surface area contributed by atoms with E-state index in [0.717, 1.165) is 39.5 Å². The van der Waals surface area contributed by atoms with Crippen LogP contribution in [0.3, 0.4) is 0 Å². The SMILES string of the molecule is CC1(OC(=O)COC(=O)C(C)(C)C(F)(F)F)C2CC3CC(C2)CC1C3. The van der Waals surface area contributed by atoms with Crippen molar-refractivity contribution in [2.45, 2.75) is 64.7 Å². The molecule has 0 atom stereocenters. The molecule has 0 N–H and O–H groups in total. The second-order valence-corrected chi connectivity index (χ2v) is 8.66. The molecule has 0 heterocycles. The molecule has 0 aliphatic heterocycles. The van der Waals surface area contributed by atoms with Gasteiger partial charge < -0.3 is 9.47 Å². The van der Waals surface area contributed by atoms with Gasteiger partial charge in [0.15, 0.2) is 12.0 Å². The summed E-state index contributed by atoms with van der Waals surface area (Å²) in [5, 5.41) is 0. The first-order valence-electron chi connectivity index (χ1n) is 8.89. The molecular formula is C18H25F3O4. The van der Waals surface area contributed by atoms with Crippen LogP contribution in [0, 0.1) is 29.1 Å². The number of carbonyl (C=O) groups excluding carboxylic acids is 2. The first-order chi connectivity index (χ1) is 11.4. The fourth-order valence-corrected chi connectivity index (χ4v) is 4.98. The zero-order chi connectivity index (χ0) is 18.6. The largest absolute Gasteiger partial charge is 0.456 e. The Kier molecular flexibility index (Phi) is 4.35. The molecule has 25 heavy (non-hydrogen) atoms. The highest BCUT2D eigenvalue weighted by atomic mass is 19.4. The first-order valence-corrected chi connectivity index (χ1v) is 8.89. The van der Waals surface area contributed by atoms with Crippen molar-refractivity contribution in [3.05, 3.63) is 0 Å². The smallest absolute Gasteiger partial charge is 0.404 e. The van der Waals surface area contributed by atoms with Gasteiger partial charge in [0, 0.05) is 0 Å². The monoisotopic (exact) mass is 362 g/mol. The van der Waals surface area contributed by atoms with Gasteiger partial charge >= 0.3 is 18.1 Å². The normalized spacial score (nSPS) is 37.0. The molecular weight excluding hydrogens is 337 g/mol. The quantitative estimate of drug-likeness (QED) is 0.713. The Morgan fingerprint density at radius 1 is 1.00 bits per heavy atom. The number of alkyl halides is 3. The number of carbonyl (C=O) groups is 2. The van der Waals surface area contributed by atoms with Crippen LogP contribution >= 0.6 is 0 Å². The topological polar surface area (TPSA) is 52.6 Å². The van der Waals surface area contributed by atoms with E-state index in [1.807, 2.05) is 6.92 Å². The Balaban J connectivity index is 1.57. The van der Waals surface area contributed by atoms with E-state index in [-0.39, 0.29) is 0 Å². The standard InChI is InChI=1S/C18H25F3O4/c1-16(2,18(19,20)21)15(23)24-9-14(22)25-17(3)12-5-10-4-11(7-12)8-13(17)6-10/h10-13H,4-9H2,1-3H3. The molecule has 4 fully saturated rings. The van der Waals surface area contributed by atoms with Gasteiger partial charge in [-0.1, -0.05) is 0 Å². The van der Waals surface area contributed by atoms with E-state index in [1.54, 1.807) is 0 Å². The Labute approximate surface area is 145 Å². The molecule has 4 rings (SSSR count). The maximum Gasteiger partial charge on any atom is 0.404 e. The molecule has 0 saturated heterocycles. The third-order valence-corrected chi connectivity index (χ3v) is 6.63. The van der Waals surface area contributed by atoms with Crippen molar-refractivity contribution >= 4 is 11.9 Å². The molecule has 0 aromatic carbocycles. The zero-order valence-corrected chi connectivity index (χ0v) is 14.8. The lowest BCUT2D eigenvalue weighted by Gasteiger charge is -2.59. The van der Waals surface area contributed by atoms with E-state index in [9.17, 15) is 22.8 Å². The molecule has 7 heteroatoms. The maximum atomic E-state index is 12.8. The lowest BCUT2D eigenvalue weighted by Crippen LogP contribution is -2.58. The van der Waals surface area contributed by atoms with E-state index in [2.05, 4.69) is 4.74 Å². The molecule has 0 unspecified atom stereocenters. The second kappa shape index (κ2) is 5.88. The summed E-state index contributed by atoms with van der Waals surface area (Å²) in [5.41, 5.74) is -3.24. The molecule has 142 valence electrons. The highest BCUT2D eigenvalue weighted by Gasteiger charge is 2.57. The molecule has 4 saturated carbocycles. The summed E-state index contributed by atoms with van der Waals surface area (Å²) in [6, 6.07) is 0. The molecule has 0 aromatic rings. The van der Waals surface area contributed by atoms with Gasteiger partial charge in [-0.15, -0.1) is 0 Å². The minimum Gasteiger partial charge on any atom is -0.456 e. The number of rotatable bonds is 4. The average Bonchev–Trinajstić information content (AvgIpc) is 2.48. The van der Waals surface area contributed by atoms with Crippen LogP contribution < -0.4 is 0 Å². The fraction of sp³-hybridized carbons (Fsp3) is 0.889. The van der Waals surface area contributed by atoms with Gasteiger partial charge in [0.05, 0.1) is 0 Å². The molecule has 0 spiro atoms. The third-order valence-electron chi connectivity index (χ3n) is 6.63. The molecule has 0 amide bonds. The third kappa shape index (κ3) is 3.14. The fourth-order valence-electron chi connectivity index (χ4n) is 4.98. The number of hydrogen-bond donors (Lipinski definition) is 0. The number of hydrogen-bond acceptors (Lipinski definition) is 4.